The molecule has 4 aliphatic rings. The molecule has 0 spiro atoms. The fourth-order valence-electron chi connectivity index (χ4n) is 13.0. The normalized spacial score (nSPS) is 22.3. The van der Waals surface area contributed by atoms with Crippen molar-refractivity contribution in [2.45, 2.75) is 141 Å². The van der Waals surface area contributed by atoms with Crippen LogP contribution in [0.4, 0.5) is 4.79 Å². The van der Waals surface area contributed by atoms with Crippen molar-refractivity contribution in [3.63, 3.8) is 0 Å². The number of rotatable bonds is 15. The molecule has 4 aromatic heterocycles. The molecular weight excluding hydrogens is 989 g/mol. The first-order valence-electron chi connectivity index (χ1n) is 27.9. The molecule has 14 heteroatoms. The van der Waals surface area contributed by atoms with Crippen molar-refractivity contribution in [3.05, 3.63) is 191 Å². The number of ether oxygens (including phenoxy) is 3. The van der Waals surface area contributed by atoms with E-state index in [1.54, 1.807) is 12.4 Å². The van der Waals surface area contributed by atoms with Crippen LogP contribution in [0, 0.1) is 23.7 Å². The van der Waals surface area contributed by atoms with Crippen LogP contribution in [0.2, 0.25) is 0 Å². The Morgan fingerprint density at radius 2 is 0.987 bits per heavy atom. The number of nitrogens with two attached hydrogens (primary N) is 1. The highest BCUT2D eigenvalue weighted by molar-refractivity contribution is 5.69. The number of nitrogens with one attached hydrogen (secondary N) is 1. The largest absolute Gasteiger partial charge is 0.487 e. The van der Waals surface area contributed by atoms with Gasteiger partial charge in [0.15, 0.2) is 0 Å². The van der Waals surface area contributed by atoms with Crippen molar-refractivity contribution in [1.82, 2.24) is 35.6 Å². The van der Waals surface area contributed by atoms with Crippen molar-refractivity contribution < 1.29 is 28.1 Å². The minimum Gasteiger partial charge on any atom is -0.487 e. The van der Waals surface area contributed by atoms with Gasteiger partial charge >= 0.3 is 6.09 Å². The third kappa shape index (κ3) is 11.3. The Balaban J connectivity index is 0.000000170. The van der Waals surface area contributed by atoms with E-state index in [-0.39, 0.29) is 10.8 Å². The van der Waals surface area contributed by atoms with E-state index < -0.39 is 22.8 Å². The first-order chi connectivity index (χ1) is 37.9. The maximum absolute atomic E-state index is 12.4. The number of fused-ring (bicyclic) bond motifs is 4. The Labute approximate surface area is 463 Å². The summed E-state index contributed by atoms with van der Waals surface area (Å²) in [6.07, 6.45) is 13.2. The van der Waals surface area contributed by atoms with Gasteiger partial charge in [-0.1, -0.05) is 108 Å². The fraction of sp³-hybridized carbons (Fsp3) is 0.400. The molecule has 408 valence electrons. The predicted molar refractivity (Wildman–Crippen MR) is 302 cm³/mol. The molecule has 4 heterocycles. The Morgan fingerprint density at radius 1 is 0.570 bits per heavy atom. The van der Waals surface area contributed by atoms with Gasteiger partial charge in [0.05, 0.1) is 16.9 Å². The maximum Gasteiger partial charge on any atom is 0.408 e. The molecule has 4 aromatic carbocycles. The van der Waals surface area contributed by atoms with Gasteiger partial charge in [-0.05, 0) is 181 Å². The van der Waals surface area contributed by atoms with Gasteiger partial charge in [0.2, 0.25) is 17.5 Å². The Hall–Kier alpha value is -7.71. The third-order valence-electron chi connectivity index (χ3n) is 16.7. The summed E-state index contributed by atoms with van der Waals surface area (Å²) in [7, 11) is 0. The number of benzene rings is 4. The molecule has 2 unspecified atom stereocenters. The molecule has 14 nitrogen and oxygen atoms in total. The van der Waals surface area contributed by atoms with E-state index in [2.05, 4.69) is 133 Å². The molecule has 12 rings (SSSR count). The molecule has 4 bridgehead atoms. The van der Waals surface area contributed by atoms with Crippen LogP contribution in [0.25, 0.3) is 22.8 Å². The first kappa shape index (κ1) is 53.3. The quantitative estimate of drug-likeness (QED) is 0.0988. The third-order valence-corrected chi connectivity index (χ3v) is 16.7. The number of amides is 1. The number of aromatic nitrogens is 6. The number of nitrogens with zero attached hydrogens (tertiary/aromatic N) is 6. The van der Waals surface area contributed by atoms with E-state index in [0.29, 0.717) is 48.5 Å². The number of carbonyl (C=O) groups excluding carboxylic acids is 1. The van der Waals surface area contributed by atoms with Gasteiger partial charge in [0.25, 0.3) is 5.89 Å². The highest BCUT2D eigenvalue weighted by atomic mass is 16.6. The number of hydrogen-bond acceptors (Lipinski definition) is 13. The van der Waals surface area contributed by atoms with Crippen LogP contribution in [0.1, 0.15) is 145 Å². The van der Waals surface area contributed by atoms with E-state index in [0.717, 1.165) is 52.3 Å². The highest BCUT2D eigenvalue weighted by Gasteiger charge is 2.54. The van der Waals surface area contributed by atoms with Crippen molar-refractivity contribution in [2.24, 2.45) is 29.4 Å². The predicted octanol–water partition coefficient (Wildman–Crippen LogP) is 13.6. The minimum absolute atomic E-state index is 0.0251. The summed E-state index contributed by atoms with van der Waals surface area (Å²) in [5.74, 6) is 6.34. The van der Waals surface area contributed by atoms with Gasteiger partial charge in [-0.3, -0.25) is 9.97 Å². The number of alkyl carbamates (subject to hydrolysis) is 1. The number of carbonyl (C=O) groups is 1. The Kier molecular flexibility index (Phi) is 14.5. The van der Waals surface area contributed by atoms with Crippen LogP contribution < -0.4 is 20.5 Å². The molecule has 1 amide bonds. The summed E-state index contributed by atoms with van der Waals surface area (Å²) in [6.45, 7) is 13.7. The van der Waals surface area contributed by atoms with Crippen molar-refractivity contribution in [3.8, 4) is 34.3 Å². The van der Waals surface area contributed by atoms with Gasteiger partial charge in [0.1, 0.15) is 35.9 Å². The Bertz CT molecular complexity index is 3330. The summed E-state index contributed by atoms with van der Waals surface area (Å²) in [6, 6.07) is 46.5. The van der Waals surface area contributed by atoms with E-state index in [1.807, 2.05) is 84.9 Å². The standard InChI is InChI=1S/C35H40N4O4.C30H32N4O2/c1-33(2,3)42-32(40)38-34(4,5)31-37-30(39-43-31)24-10-13-25(14-11-24)35(21-23-9-12-27(35)20-23)26-15-17-29(18-16-26)41-22-28-8-6-7-19-36-28;1-29(2,31)28-33-27(34-36-28)21-7-10-22(11-8-21)30(18-20-6-9-24(30)17-20)23-12-14-26(15-13-23)35-19-25-5-3-4-16-32-25/h6-8,10-11,13-19,23,27H,9,12,20-22H2,1-5H3,(H,38,40);3-5,7-8,10-16,20,24H,6,9,17-19,31H2,1-2H3/t23?,27-,35+;20?,24-,30+/m11/s1. The van der Waals surface area contributed by atoms with Gasteiger partial charge in [-0.15, -0.1) is 0 Å². The lowest BCUT2D eigenvalue weighted by atomic mass is 9.64. The molecular formula is C65H72N8O6. The van der Waals surface area contributed by atoms with Crippen LogP contribution in [0.3, 0.4) is 0 Å². The lowest BCUT2D eigenvalue weighted by Crippen LogP contribution is -2.44. The molecule has 4 aliphatic carbocycles. The monoisotopic (exact) mass is 1060 g/mol. The molecule has 0 aliphatic heterocycles. The van der Waals surface area contributed by atoms with E-state index in [1.165, 1.54) is 67.2 Å². The molecule has 8 aromatic rings. The summed E-state index contributed by atoms with van der Waals surface area (Å²) in [4.78, 5) is 30.2. The zero-order chi connectivity index (χ0) is 55.0. The topological polar surface area (TPSA) is 186 Å². The second-order valence-electron chi connectivity index (χ2n) is 24.3. The molecule has 6 atom stereocenters. The van der Waals surface area contributed by atoms with Gasteiger partial charge in [0, 0.05) is 34.4 Å². The maximum atomic E-state index is 12.4. The molecule has 0 saturated heterocycles. The molecule has 4 saturated carbocycles. The summed E-state index contributed by atoms with van der Waals surface area (Å²) in [5, 5.41) is 11.2. The van der Waals surface area contributed by atoms with E-state index in [4.69, 9.17) is 29.0 Å². The minimum atomic E-state index is -0.895. The van der Waals surface area contributed by atoms with Crippen molar-refractivity contribution in [1.29, 1.82) is 0 Å². The zero-order valence-electron chi connectivity index (χ0n) is 46.4. The van der Waals surface area contributed by atoms with Crippen LogP contribution in [0.15, 0.2) is 155 Å². The summed E-state index contributed by atoms with van der Waals surface area (Å²) < 4.78 is 28.4. The average molecular weight is 1060 g/mol. The lowest BCUT2D eigenvalue weighted by Gasteiger charge is -2.39. The van der Waals surface area contributed by atoms with Crippen LogP contribution in [0.5, 0.6) is 11.5 Å². The summed E-state index contributed by atoms with van der Waals surface area (Å²) in [5.41, 5.74) is 13.0. The van der Waals surface area contributed by atoms with Gasteiger partial charge in [-0.2, -0.15) is 9.97 Å². The van der Waals surface area contributed by atoms with Crippen LogP contribution in [-0.4, -0.2) is 41.9 Å². The number of pyridine rings is 2. The fourth-order valence-corrected chi connectivity index (χ4v) is 13.0. The van der Waals surface area contributed by atoms with Gasteiger partial charge < -0.3 is 34.3 Å². The molecule has 79 heavy (non-hydrogen) atoms. The summed E-state index contributed by atoms with van der Waals surface area (Å²) >= 11 is 0. The second-order valence-corrected chi connectivity index (χ2v) is 24.3. The van der Waals surface area contributed by atoms with Crippen molar-refractivity contribution in [2.75, 3.05) is 0 Å². The molecule has 4 fully saturated rings. The first-order valence-corrected chi connectivity index (χ1v) is 27.9. The smallest absolute Gasteiger partial charge is 0.408 e. The molecule has 0 radical (unpaired) electrons. The van der Waals surface area contributed by atoms with E-state index in [9.17, 15) is 4.79 Å². The second kappa shape index (κ2) is 21.5. The van der Waals surface area contributed by atoms with Crippen molar-refractivity contribution >= 4 is 6.09 Å². The van der Waals surface area contributed by atoms with Crippen LogP contribution in [-0.2, 0) is 39.9 Å². The molecule has 3 N–H and O–H groups in total. The lowest BCUT2D eigenvalue weighted by molar-refractivity contribution is 0.0451. The van der Waals surface area contributed by atoms with Gasteiger partial charge in [-0.25, -0.2) is 4.79 Å². The number of hydrogen-bond donors (Lipinski definition) is 2. The zero-order valence-corrected chi connectivity index (χ0v) is 46.4. The highest BCUT2D eigenvalue weighted by Crippen LogP contribution is 2.61. The SMILES string of the molecule is CC(C)(C)OC(=O)NC(C)(C)c1nc(-c2ccc([C@]3(c4ccc(OCc5ccccn5)cc4)CC4CC[C@@H]3C4)cc2)no1.CC(C)(N)c1nc(-c2ccc([C@]3(c4ccc(OCc5ccccn5)cc4)CC4CC[C@@H]3C4)cc2)no1. The van der Waals surface area contributed by atoms with Crippen LogP contribution >= 0.6 is 0 Å². The average Bonchev–Trinajstić information content (AvgIpc) is 4.53. The van der Waals surface area contributed by atoms with E-state index >= 15 is 0 Å². The Morgan fingerprint density at radius 3 is 1.34 bits per heavy atom.